The second-order valence-corrected chi connectivity index (χ2v) is 20.3. The Bertz CT molecular complexity index is 1390. The number of carbonyl (C=O) groups is 1. The van der Waals surface area contributed by atoms with Crippen molar-refractivity contribution in [1.82, 2.24) is 5.32 Å². The SMILES string of the molecule is CC/C=C\C/C=C\C/C=C\C/C=C\C/C=C\C/C=C\C/C=C\C/C=C\CCCCCCCCCCCCCCCCCCC(=O)NC(COP(=O)(O)OCC[N+](C)(C)C)C(O)CCCCC. The van der Waals surface area contributed by atoms with E-state index in [1.807, 2.05) is 21.1 Å². The molecule has 0 aromatic heterocycles. The molecule has 0 bridgehead atoms. The molecule has 9 heteroatoms. The van der Waals surface area contributed by atoms with Crippen molar-refractivity contribution >= 4 is 13.7 Å². The van der Waals surface area contributed by atoms with E-state index in [4.69, 9.17) is 9.05 Å². The summed E-state index contributed by atoms with van der Waals surface area (Å²) >= 11 is 0. The maximum Gasteiger partial charge on any atom is 0.472 e. The molecule has 8 nitrogen and oxygen atoms in total. The highest BCUT2D eigenvalue weighted by Gasteiger charge is 2.28. The lowest BCUT2D eigenvalue weighted by Crippen LogP contribution is -2.46. The number of allylic oxidation sites excluding steroid dienone is 16. The van der Waals surface area contributed by atoms with Crippen LogP contribution >= 0.6 is 7.82 Å². The smallest absolute Gasteiger partial charge is 0.391 e. The van der Waals surface area contributed by atoms with Crippen molar-refractivity contribution in [3.63, 3.8) is 0 Å². The fraction of sp³-hybridized carbons (Fsp3) is 0.702. The average molecular weight is 942 g/mol. The number of phosphoric ester groups is 1. The van der Waals surface area contributed by atoms with Gasteiger partial charge in [0.15, 0.2) is 0 Å². The number of hydrogen-bond acceptors (Lipinski definition) is 5. The van der Waals surface area contributed by atoms with Gasteiger partial charge in [0.25, 0.3) is 0 Å². The number of nitrogens with zero attached hydrogens (tertiary/aromatic N) is 1. The Morgan fingerprint density at radius 2 is 0.909 bits per heavy atom. The summed E-state index contributed by atoms with van der Waals surface area (Å²) in [5.74, 6) is -0.159. The Labute approximate surface area is 407 Å². The highest BCUT2D eigenvalue weighted by Crippen LogP contribution is 2.43. The molecule has 0 aromatic rings. The third-order valence-electron chi connectivity index (χ3n) is 11.3. The van der Waals surface area contributed by atoms with Crippen LogP contribution in [0.2, 0.25) is 0 Å². The van der Waals surface area contributed by atoms with E-state index in [0.29, 0.717) is 23.9 Å². The first-order valence-corrected chi connectivity index (χ1v) is 28.1. The van der Waals surface area contributed by atoms with Crippen molar-refractivity contribution in [3.8, 4) is 0 Å². The summed E-state index contributed by atoms with van der Waals surface area (Å²) < 4.78 is 23.3. The van der Waals surface area contributed by atoms with Crippen molar-refractivity contribution in [2.75, 3.05) is 40.9 Å². The van der Waals surface area contributed by atoms with E-state index in [9.17, 15) is 19.4 Å². The third kappa shape index (κ3) is 49.3. The van der Waals surface area contributed by atoms with Crippen LogP contribution in [0.3, 0.4) is 0 Å². The van der Waals surface area contributed by atoms with E-state index < -0.39 is 20.0 Å². The number of nitrogens with one attached hydrogen (secondary N) is 1. The van der Waals surface area contributed by atoms with Gasteiger partial charge in [-0.15, -0.1) is 0 Å². The standard InChI is InChI=1S/C57H101N2O6P/c1-6-8-10-11-12-13-14-15-16-17-18-19-20-21-22-23-24-25-26-27-28-29-30-31-32-33-34-35-36-37-38-39-40-41-42-43-44-45-46-47-49-51-57(61)58-55(56(60)50-48-9-7-2)54-65-66(62,63)64-53-52-59(3,4)5/h8,10,12-13,15-16,18-19,21-22,24-25,27-28,30-31,55-56,60H,6-7,9,11,14,17,20,23,26,29,32-54H2,1-5H3,(H-,58,61,62,63)/p+1/b10-8-,13-12-,16-15-,19-18-,22-21-,25-24-,28-27-,31-30-. The largest absolute Gasteiger partial charge is 0.472 e. The van der Waals surface area contributed by atoms with E-state index in [0.717, 1.165) is 89.9 Å². The van der Waals surface area contributed by atoms with Crippen LogP contribution in [0.1, 0.15) is 206 Å². The van der Waals surface area contributed by atoms with Crippen LogP contribution in [0.5, 0.6) is 0 Å². The van der Waals surface area contributed by atoms with E-state index >= 15 is 0 Å². The summed E-state index contributed by atoms with van der Waals surface area (Å²) in [6, 6.07) is -0.759. The monoisotopic (exact) mass is 942 g/mol. The summed E-state index contributed by atoms with van der Waals surface area (Å²) in [7, 11) is 1.60. The third-order valence-corrected chi connectivity index (χ3v) is 12.3. The summed E-state index contributed by atoms with van der Waals surface area (Å²) in [5.41, 5.74) is 0. The maximum atomic E-state index is 12.7. The topological polar surface area (TPSA) is 105 Å². The van der Waals surface area contributed by atoms with Gasteiger partial charge < -0.3 is 19.8 Å². The van der Waals surface area contributed by atoms with Crippen LogP contribution in [0, 0.1) is 0 Å². The van der Waals surface area contributed by atoms with E-state index in [1.165, 1.54) is 89.9 Å². The van der Waals surface area contributed by atoms with E-state index in [1.54, 1.807) is 0 Å². The summed E-state index contributed by atoms with van der Waals surface area (Å²) in [4.78, 5) is 22.9. The number of hydrogen-bond donors (Lipinski definition) is 3. The maximum absolute atomic E-state index is 12.7. The first kappa shape index (κ1) is 63.4. The fourth-order valence-corrected chi connectivity index (χ4v) is 7.91. The minimum atomic E-state index is -4.30. The molecule has 3 unspecified atom stereocenters. The van der Waals surface area contributed by atoms with Crippen molar-refractivity contribution in [2.24, 2.45) is 0 Å². The van der Waals surface area contributed by atoms with Gasteiger partial charge in [0, 0.05) is 6.42 Å². The lowest BCUT2D eigenvalue weighted by molar-refractivity contribution is -0.870. The van der Waals surface area contributed by atoms with Gasteiger partial charge in [-0.25, -0.2) is 4.57 Å². The number of unbranched alkanes of at least 4 members (excludes halogenated alkanes) is 18. The minimum Gasteiger partial charge on any atom is -0.391 e. The molecular weight excluding hydrogens is 840 g/mol. The number of quaternary nitrogens is 1. The molecule has 0 radical (unpaired) electrons. The van der Waals surface area contributed by atoms with E-state index in [2.05, 4.69) is 116 Å². The van der Waals surface area contributed by atoms with Crippen molar-refractivity contribution in [3.05, 3.63) is 97.2 Å². The highest BCUT2D eigenvalue weighted by atomic mass is 31.2. The minimum absolute atomic E-state index is 0.0704. The Morgan fingerprint density at radius 3 is 1.30 bits per heavy atom. The zero-order valence-corrected chi connectivity index (χ0v) is 44.0. The van der Waals surface area contributed by atoms with Crippen LogP contribution in [-0.4, -0.2) is 73.4 Å². The predicted octanol–water partition coefficient (Wildman–Crippen LogP) is 15.9. The fourth-order valence-electron chi connectivity index (χ4n) is 7.18. The highest BCUT2D eigenvalue weighted by molar-refractivity contribution is 7.47. The molecule has 380 valence electrons. The Morgan fingerprint density at radius 1 is 0.530 bits per heavy atom. The number of phosphoric acid groups is 1. The lowest BCUT2D eigenvalue weighted by atomic mass is 10.0. The first-order valence-electron chi connectivity index (χ1n) is 26.6. The summed E-state index contributed by atoms with van der Waals surface area (Å²) in [6.45, 7) is 4.59. The summed E-state index contributed by atoms with van der Waals surface area (Å²) in [5, 5.41) is 13.6. The van der Waals surface area contributed by atoms with Crippen molar-refractivity contribution < 1.29 is 32.9 Å². The van der Waals surface area contributed by atoms with Gasteiger partial charge in [0.05, 0.1) is 39.9 Å². The quantitative estimate of drug-likeness (QED) is 0.0243. The van der Waals surface area contributed by atoms with Crippen LogP contribution in [0.4, 0.5) is 0 Å². The zero-order valence-electron chi connectivity index (χ0n) is 43.1. The molecular formula is C57H102N2O6P+. The van der Waals surface area contributed by atoms with Crippen LogP contribution in [-0.2, 0) is 18.4 Å². The van der Waals surface area contributed by atoms with Gasteiger partial charge in [-0.05, 0) is 77.0 Å². The van der Waals surface area contributed by atoms with Gasteiger partial charge in [-0.1, -0.05) is 220 Å². The number of rotatable bonds is 47. The van der Waals surface area contributed by atoms with Crippen LogP contribution in [0.25, 0.3) is 0 Å². The molecule has 0 aliphatic heterocycles. The zero-order chi connectivity index (χ0) is 48.5. The van der Waals surface area contributed by atoms with Gasteiger partial charge in [0.2, 0.25) is 5.91 Å². The average Bonchev–Trinajstić information content (AvgIpc) is 3.27. The Hall–Kier alpha value is -2.58. The van der Waals surface area contributed by atoms with Gasteiger partial charge in [-0.3, -0.25) is 13.8 Å². The van der Waals surface area contributed by atoms with Crippen LogP contribution in [0.15, 0.2) is 97.2 Å². The number of likely N-dealkylation sites (N-methyl/N-ethyl adjacent to an activating group) is 1. The molecule has 0 rings (SSSR count). The van der Waals surface area contributed by atoms with Crippen LogP contribution < -0.4 is 5.32 Å². The van der Waals surface area contributed by atoms with Crippen molar-refractivity contribution in [1.29, 1.82) is 0 Å². The molecule has 0 spiro atoms. The molecule has 0 heterocycles. The Balaban J connectivity index is 3.73. The van der Waals surface area contributed by atoms with Gasteiger partial charge >= 0.3 is 7.82 Å². The second-order valence-electron chi connectivity index (χ2n) is 18.9. The molecule has 66 heavy (non-hydrogen) atoms. The van der Waals surface area contributed by atoms with Crippen molar-refractivity contribution in [2.45, 2.75) is 219 Å². The molecule has 3 N–H and O–H groups in total. The molecule has 1 amide bonds. The summed E-state index contributed by atoms with van der Waals surface area (Å²) in [6.07, 6.45) is 68.5. The number of amides is 1. The molecule has 0 aliphatic carbocycles. The van der Waals surface area contributed by atoms with Gasteiger partial charge in [0.1, 0.15) is 13.2 Å². The second kappa shape index (κ2) is 47.5. The van der Waals surface area contributed by atoms with E-state index in [-0.39, 0.29) is 19.1 Å². The first-order chi connectivity index (χ1) is 32.0. The molecule has 0 saturated heterocycles. The van der Waals surface area contributed by atoms with Gasteiger partial charge in [-0.2, -0.15) is 0 Å². The number of aliphatic hydroxyl groups excluding tert-OH is 1. The predicted molar refractivity (Wildman–Crippen MR) is 286 cm³/mol. The molecule has 0 fully saturated rings. The molecule has 0 saturated carbocycles. The number of aliphatic hydroxyl groups is 1. The normalized spacial score (nSPS) is 14.8. The molecule has 0 aliphatic rings. The molecule has 0 aromatic carbocycles. The Kier molecular flexibility index (Phi) is 45.6. The lowest BCUT2D eigenvalue weighted by Gasteiger charge is -2.26. The molecule has 3 atom stereocenters. The number of carbonyl (C=O) groups excluding carboxylic acids is 1.